The van der Waals surface area contributed by atoms with Crippen molar-refractivity contribution in [3.05, 3.63) is 0 Å². The Labute approximate surface area is 75.6 Å². The second kappa shape index (κ2) is 4.01. The van der Waals surface area contributed by atoms with Crippen LogP contribution in [-0.2, 0) is 4.79 Å². The van der Waals surface area contributed by atoms with E-state index in [0.29, 0.717) is 18.4 Å². The molecule has 12 heavy (non-hydrogen) atoms. The monoisotopic (exact) mass is 172 g/mol. The minimum Gasteiger partial charge on any atom is -0.304 e. The van der Waals surface area contributed by atoms with Crippen molar-refractivity contribution in [3.63, 3.8) is 0 Å². The molecule has 0 saturated carbocycles. The lowest BCUT2D eigenvalue weighted by Gasteiger charge is -2.15. The van der Waals surface area contributed by atoms with E-state index in [-0.39, 0.29) is 7.47 Å². The van der Waals surface area contributed by atoms with Crippen LogP contribution >= 0.6 is 0 Å². The summed E-state index contributed by atoms with van der Waals surface area (Å²) in [6.45, 7) is 8.71. The van der Waals surface area contributed by atoms with Gasteiger partial charge in [-0.15, -0.1) is 0 Å². The number of rotatable bonds is 3. The van der Waals surface area contributed by atoms with Crippen LogP contribution in [-0.4, -0.2) is 42.4 Å². The van der Waals surface area contributed by atoms with Crippen LogP contribution < -0.4 is 5.32 Å². The number of Topliss-reactive ketones (excluding diaryl/α,β-unsaturated/α-hetero) is 1. The summed E-state index contributed by atoms with van der Waals surface area (Å²) < 4.78 is 0. The summed E-state index contributed by atoms with van der Waals surface area (Å²) in [6, 6.07) is 0.473. The first kappa shape index (κ1) is 9.68. The highest BCUT2D eigenvalue weighted by molar-refractivity contribution is 5.88. The van der Waals surface area contributed by atoms with E-state index in [9.17, 15) is 4.79 Å². The molecule has 1 aliphatic heterocycles. The lowest BCUT2D eigenvalue weighted by atomic mass is 10.2. The number of likely N-dealkylation sites (N-methyl/N-ethyl adjacent to an activating group) is 1. The van der Waals surface area contributed by atoms with Gasteiger partial charge in [-0.3, -0.25) is 9.69 Å². The molecule has 1 saturated heterocycles. The van der Waals surface area contributed by atoms with E-state index >= 15 is 0 Å². The van der Waals surface area contributed by atoms with Gasteiger partial charge in [-0.2, -0.15) is 0 Å². The van der Waals surface area contributed by atoms with Gasteiger partial charge < -0.3 is 5.32 Å². The van der Waals surface area contributed by atoms with Crippen LogP contribution in [0.4, 0.5) is 0 Å². The van der Waals surface area contributed by atoms with E-state index in [1.807, 2.05) is 0 Å². The van der Waals surface area contributed by atoms with Gasteiger partial charge >= 0.3 is 0 Å². The molecule has 0 amide bonds. The van der Waals surface area contributed by atoms with Gasteiger partial charge in [0, 0.05) is 14.0 Å². The van der Waals surface area contributed by atoms with Gasteiger partial charge in [-0.1, -0.05) is 20.8 Å². The third-order valence-electron chi connectivity index (χ3n) is 2.19. The molecule has 1 heterocycles. The highest BCUT2D eigenvalue weighted by atomic mass is 16.1. The maximum absolute atomic E-state index is 11.4. The second-order valence-corrected chi connectivity index (χ2v) is 3.67. The first-order chi connectivity index (χ1) is 5.63. The van der Waals surface area contributed by atoms with E-state index < -0.39 is 0 Å². The van der Waals surface area contributed by atoms with Crippen molar-refractivity contribution in [1.82, 2.24) is 10.2 Å². The van der Waals surface area contributed by atoms with Crippen molar-refractivity contribution >= 4 is 5.78 Å². The number of carbonyl (C=O) groups excluding carboxylic acids is 1. The highest BCUT2D eigenvalue weighted by Crippen LogP contribution is 2.05. The Morgan fingerprint density at radius 2 is 2.42 bits per heavy atom. The molecule has 0 bridgehead atoms. The first-order valence-corrected chi connectivity index (χ1v) is 4.64. The second-order valence-electron chi connectivity index (χ2n) is 3.67. The predicted molar refractivity (Wildman–Crippen MR) is 51.3 cm³/mol. The van der Waals surface area contributed by atoms with Crippen LogP contribution in [0.15, 0.2) is 0 Å². The zero-order chi connectivity index (χ0) is 9.14. The fourth-order valence-corrected chi connectivity index (χ4v) is 1.54. The van der Waals surface area contributed by atoms with Crippen molar-refractivity contribution in [3.8, 4) is 0 Å². The van der Waals surface area contributed by atoms with Crippen LogP contribution in [0.1, 0.15) is 22.2 Å². The minimum atomic E-state index is 0. The summed E-state index contributed by atoms with van der Waals surface area (Å²) in [5.74, 6) is 0.338. The Balaban J connectivity index is 0.00000144. The van der Waals surface area contributed by atoms with E-state index in [0.717, 1.165) is 13.1 Å². The number of hydrogen-bond acceptors (Lipinski definition) is 3. The molecule has 0 aromatic carbocycles. The molecular formula is C9H20N2O. The molecule has 1 N–H and O–H groups in total. The average Bonchev–Trinajstić information content (AvgIpc) is 2.31. The molecule has 1 rings (SSSR count). The van der Waals surface area contributed by atoms with Crippen LogP contribution in [0.2, 0.25) is 0 Å². The molecule has 1 aliphatic rings. The van der Waals surface area contributed by atoms with Gasteiger partial charge in [0.05, 0.1) is 12.6 Å². The van der Waals surface area contributed by atoms with Crippen LogP contribution in [0.3, 0.4) is 0 Å². The topological polar surface area (TPSA) is 32.3 Å². The normalized spacial score (nSPS) is 25.7. The van der Waals surface area contributed by atoms with Crippen LogP contribution in [0, 0.1) is 0 Å². The summed E-state index contributed by atoms with van der Waals surface area (Å²) in [6.07, 6.45) is 0. The summed E-state index contributed by atoms with van der Waals surface area (Å²) in [4.78, 5) is 13.5. The SMILES string of the molecule is CCN1CC(=O)C(NC(C)C)C1.[HH]. The van der Waals surface area contributed by atoms with E-state index in [2.05, 4.69) is 31.0 Å². The van der Waals surface area contributed by atoms with Crippen molar-refractivity contribution < 1.29 is 6.22 Å². The Kier molecular flexibility index (Phi) is 3.23. The van der Waals surface area contributed by atoms with Gasteiger partial charge in [-0.05, 0) is 6.54 Å². The molecular weight excluding hydrogens is 152 g/mol. The van der Waals surface area contributed by atoms with Crippen molar-refractivity contribution in [1.29, 1.82) is 0 Å². The van der Waals surface area contributed by atoms with Crippen LogP contribution in [0.5, 0.6) is 0 Å². The van der Waals surface area contributed by atoms with E-state index in [4.69, 9.17) is 0 Å². The Bertz CT molecular complexity index is 173. The van der Waals surface area contributed by atoms with Gasteiger partial charge in [0.2, 0.25) is 0 Å². The molecule has 1 unspecified atom stereocenters. The smallest absolute Gasteiger partial charge is 0.164 e. The molecule has 0 aromatic rings. The molecule has 0 aromatic heterocycles. The summed E-state index contributed by atoms with van der Waals surface area (Å²) >= 11 is 0. The molecule has 1 fully saturated rings. The van der Waals surface area contributed by atoms with Crippen LogP contribution in [0.25, 0.3) is 0 Å². The number of ketones is 1. The van der Waals surface area contributed by atoms with E-state index in [1.165, 1.54) is 0 Å². The highest BCUT2D eigenvalue weighted by Gasteiger charge is 2.29. The summed E-state index contributed by atoms with van der Waals surface area (Å²) in [5.41, 5.74) is 0. The predicted octanol–water partition coefficient (Wildman–Crippen LogP) is 0.504. The van der Waals surface area contributed by atoms with Gasteiger partial charge in [0.25, 0.3) is 0 Å². The lowest BCUT2D eigenvalue weighted by Crippen LogP contribution is -2.40. The largest absolute Gasteiger partial charge is 0.304 e. The molecule has 0 spiro atoms. The molecule has 3 heteroatoms. The number of hydrogen-bond donors (Lipinski definition) is 1. The zero-order valence-electron chi connectivity index (χ0n) is 8.13. The number of carbonyl (C=O) groups is 1. The quantitative estimate of drug-likeness (QED) is 0.673. The Hall–Kier alpha value is -0.410. The maximum atomic E-state index is 11.4. The van der Waals surface area contributed by atoms with Crippen molar-refractivity contribution in [2.45, 2.75) is 32.9 Å². The Morgan fingerprint density at radius 1 is 1.75 bits per heavy atom. The summed E-state index contributed by atoms with van der Waals surface area (Å²) in [7, 11) is 0. The fourth-order valence-electron chi connectivity index (χ4n) is 1.54. The number of nitrogens with one attached hydrogen (secondary N) is 1. The van der Waals surface area contributed by atoms with Gasteiger partial charge in [-0.25, -0.2) is 0 Å². The van der Waals surface area contributed by atoms with Crippen molar-refractivity contribution in [2.75, 3.05) is 19.6 Å². The summed E-state index contributed by atoms with van der Waals surface area (Å²) in [5, 5.41) is 3.26. The number of nitrogens with zero attached hydrogens (tertiary/aromatic N) is 1. The molecule has 1 atom stereocenters. The molecule has 0 aliphatic carbocycles. The third-order valence-corrected chi connectivity index (χ3v) is 2.19. The minimum absolute atomic E-state index is 0. The first-order valence-electron chi connectivity index (χ1n) is 4.64. The van der Waals surface area contributed by atoms with Gasteiger partial charge in [0.15, 0.2) is 5.78 Å². The number of likely N-dealkylation sites (tertiary alicyclic amines) is 1. The zero-order valence-corrected chi connectivity index (χ0v) is 8.13. The molecule has 0 radical (unpaired) electrons. The van der Waals surface area contributed by atoms with Crippen molar-refractivity contribution in [2.24, 2.45) is 0 Å². The average molecular weight is 172 g/mol. The third kappa shape index (κ3) is 2.29. The Morgan fingerprint density at radius 3 is 2.83 bits per heavy atom. The van der Waals surface area contributed by atoms with Gasteiger partial charge in [0.1, 0.15) is 0 Å². The lowest BCUT2D eigenvalue weighted by molar-refractivity contribution is -0.118. The molecule has 3 nitrogen and oxygen atoms in total. The fraction of sp³-hybridized carbons (Fsp3) is 0.889. The standard InChI is InChI=1S/C9H18N2O.H2/c1-4-11-5-8(9(12)6-11)10-7(2)3;/h7-8,10H,4-6H2,1-3H3;1H. The molecule has 72 valence electrons. The van der Waals surface area contributed by atoms with E-state index in [1.54, 1.807) is 0 Å². The maximum Gasteiger partial charge on any atom is 0.164 e.